The zero-order valence-electron chi connectivity index (χ0n) is 9.97. The summed E-state index contributed by atoms with van der Waals surface area (Å²) in [5.74, 6) is 0.898. The van der Waals surface area contributed by atoms with Gasteiger partial charge in [0.2, 0.25) is 0 Å². The van der Waals surface area contributed by atoms with E-state index in [-0.39, 0.29) is 0 Å². The van der Waals surface area contributed by atoms with Crippen LogP contribution in [0.25, 0.3) is 0 Å². The second-order valence-corrected chi connectivity index (χ2v) is 5.94. The van der Waals surface area contributed by atoms with Crippen LogP contribution in [0.15, 0.2) is 0 Å². The Labute approximate surface area is 88.4 Å². The topological polar surface area (TPSA) is 26.0 Å². The minimum atomic E-state index is 0.415. The van der Waals surface area contributed by atoms with Crippen molar-refractivity contribution in [3.05, 3.63) is 0 Å². The second kappa shape index (κ2) is 3.23. The van der Waals surface area contributed by atoms with Gasteiger partial charge in [0, 0.05) is 6.04 Å². The fraction of sp³-hybridized carbons (Fsp3) is 1.00. The van der Waals surface area contributed by atoms with Gasteiger partial charge in [-0.3, -0.25) is 0 Å². The van der Waals surface area contributed by atoms with Crippen molar-refractivity contribution in [2.45, 2.75) is 65.3 Å². The molecule has 2 saturated carbocycles. The van der Waals surface area contributed by atoms with Crippen LogP contribution in [0, 0.1) is 16.7 Å². The van der Waals surface area contributed by atoms with Gasteiger partial charge in [-0.1, -0.05) is 46.5 Å². The maximum Gasteiger partial charge on any atom is 0.0162 e. The first-order valence-corrected chi connectivity index (χ1v) is 6.33. The molecule has 3 atom stereocenters. The van der Waals surface area contributed by atoms with E-state index in [4.69, 9.17) is 5.73 Å². The van der Waals surface area contributed by atoms with Crippen molar-refractivity contribution in [2.24, 2.45) is 22.5 Å². The van der Waals surface area contributed by atoms with Crippen LogP contribution in [0.3, 0.4) is 0 Å². The Morgan fingerprint density at radius 2 is 1.86 bits per heavy atom. The van der Waals surface area contributed by atoms with Gasteiger partial charge in [-0.25, -0.2) is 0 Å². The summed E-state index contributed by atoms with van der Waals surface area (Å²) in [7, 11) is 0. The summed E-state index contributed by atoms with van der Waals surface area (Å²) in [6.45, 7) is 7.11. The van der Waals surface area contributed by atoms with Gasteiger partial charge in [-0.05, 0) is 29.6 Å². The first-order chi connectivity index (χ1) is 6.57. The van der Waals surface area contributed by atoms with Crippen molar-refractivity contribution in [3.63, 3.8) is 0 Å². The Balaban J connectivity index is 2.22. The first-order valence-electron chi connectivity index (χ1n) is 6.33. The highest BCUT2D eigenvalue weighted by molar-refractivity contribution is 5.23. The minimum Gasteiger partial charge on any atom is -0.327 e. The summed E-state index contributed by atoms with van der Waals surface area (Å²) in [5.41, 5.74) is 7.27. The SMILES string of the molecule is CCC1CCCCCC12C(N)C2(C)C. The number of hydrogen-bond donors (Lipinski definition) is 1. The molecule has 2 N–H and O–H groups in total. The Hall–Kier alpha value is -0.0400. The van der Waals surface area contributed by atoms with Gasteiger partial charge in [0.25, 0.3) is 0 Å². The molecule has 1 spiro atoms. The van der Waals surface area contributed by atoms with Crippen LogP contribution in [-0.2, 0) is 0 Å². The molecule has 1 nitrogen and oxygen atoms in total. The maximum atomic E-state index is 6.35. The molecule has 1 heteroatoms. The molecule has 0 aromatic heterocycles. The molecule has 3 unspecified atom stereocenters. The van der Waals surface area contributed by atoms with E-state index in [2.05, 4.69) is 20.8 Å². The summed E-state index contributed by atoms with van der Waals surface area (Å²) in [6.07, 6.45) is 8.42. The van der Waals surface area contributed by atoms with Gasteiger partial charge in [-0.15, -0.1) is 0 Å². The number of hydrogen-bond acceptors (Lipinski definition) is 1. The quantitative estimate of drug-likeness (QED) is 0.682. The average molecular weight is 195 g/mol. The Kier molecular flexibility index (Phi) is 2.42. The van der Waals surface area contributed by atoms with Crippen molar-refractivity contribution >= 4 is 0 Å². The van der Waals surface area contributed by atoms with Crippen molar-refractivity contribution in [1.82, 2.24) is 0 Å². The molecule has 0 aromatic rings. The standard InChI is InChI=1S/C13H25N/c1-4-10-8-6-5-7-9-13(10)11(14)12(13,2)3/h10-11H,4-9,14H2,1-3H3. The maximum absolute atomic E-state index is 6.35. The second-order valence-electron chi connectivity index (χ2n) is 5.94. The third-order valence-electron chi connectivity index (χ3n) is 5.31. The molecular weight excluding hydrogens is 170 g/mol. The van der Waals surface area contributed by atoms with Crippen LogP contribution in [-0.4, -0.2) is 6.04 Å². The first kappa shape index (κ1) is 10.5. The van der Waals surface area contributed by atoms with E-state index in [1.165, 1.54) is 38.5 Å². The largest absolute Gasteiger partial charge is 0.327 e. The molecule has 0 heterocycles. The van der Waals surface area contributed by atoms with Crippen molar-refractivity contribution in [1.29, 1.82) is 0 Å². The summed E-state index contributed by atoms with van der Waals surface area (Å²) >= 11 is 0. The van der Waals surface area contributed by atoms with Crippen LogP contribution in [0.4, 0.5) is 0 Å². The zero-order chi connectivity index (χ0) is 10.4. The third kappa shape index (κ3) is 1.11. The van der Waals surface area contributed by atoms with E-state index in [9.17, 15) is 0 Å². The van der Waals surface area contributed by atoms with Crippen LogP contribution in [0.5, 0.6) is 0 Å². The van der Waals surface area contributed by atoms with E-state index in [1.54, 1.807) is 0 Å². The van der Waals surface area contributed by atoms with E-state index >= 15 is 0 Å². The molecule has 0 bridgehead atoms. The highest BCUT2D eigenvalue weighted by atomic mass is 14.9. The minimum absolute atomic E-state index is 0.415. The molecule has 2 aliphatic rings. The van der Waals surface area contributed by atoms with Crippen LogP contribution >= 0.6 is 0 Å². The third-order valence-corrected chi connectivity index (χ3v) is 5.31. The molecule has 0 aromatic carbocycles. The Morgan fingerprint density at radius 3 is 2.36 bits per heavy atom. The van der Waals surface area contributed by atoms with Gasteiger partial charge in [0.1, 0.15) is 0 Å². The predicted octanol–water partition coefficient (Wildman–Crippen LogP) is 3.33. The molecule has 2 fully saturated rings. The van der Waals surface area contributed by atoms with Crippen LogP contribution < -0.4 is 5.73 Å². The highest BCUT2D eigenvalue weighted by Crippen LogP contribution is 2.70. The van der Waals surface area contributed by atoms with Crippen molar-refractivity contribution < 1.29 is 0 Å². The molecular formula is C13H25N. The molecule has 2 aliphatic carbocycles. The molecule has 0 amide bonds. The molecule has 82 valence electrons. The zero-order valence-corrected chi connectivity index (χ0v) is 9.97. The fourth-order valence-corrected chi connectivity index (χ4v) is 4.20. The summed E-state index contributed by atoms with van der Waals surface area (Å²) in [6, 6.07) is 0.470. The lowest BCUT2D eigenvalue weighted by Gasteiger charge is -2.27. The molecule has 0 radical (unpaired) electrons. The lowest BCUT2D eigenvalue weighted by molar-refractivity contribution is 0.217. The molecule has 2 rings (SSSR count). The summed E-state index contributed by atoms with van der Waals surface area (Å²) in [5, 5.41) is 0. The fourth-order valence-electron chi connectivity index (χ4n) is 4.20. The summed E-state index contributed by atoms with van der Waals surface area (Å²) in [4.78, 5) is 0. The lowest BCUT2D eigenvalue weighted by atomic mass is 9.77. The lowest BCUT2D eigenvalue weighted by Crippen LogP contribution is -2.23. The number of nitrogens with two attached hydrogens (primary N) is 1. The monoisotopic (exact) mass is 195 g/mol. The highest BCUT2D eigenvalue weighted by Gasteiger charge is 2.70. The van der Waals surface area contributed by atoms with Gasteiger partial charge >= 0.3 is 0 Å². The normalized spacial score (nSPS) is 46.3. The van der Waals surface area contributed by atoms with E-state index in [0.29, 0.717) is 16.9 Å². The number of rotatable bonds is 1. The van der Waals surface area contributed by atoms with Gasteiger partial charge in [0.05, 0.1) is 0 Å². The van der Waals surface area contributed by atoms with Crippen molar-refractivity contribution in [3.8, 4) is 0 Å². The van der Waals surface area contributed by atoms with E-state index < -0.39 is 0 Å². The average Bonchev–Trinajstić information content (AvgIpc) is 2.69. The predicted molar refractivity (Wildman–Crippen MR) is 61.1 cm³/mol. The smallest absolute Gasteiger partial charge is 0.0162 e. The van der Waals surface area contributed by atoms with Crippen LogP contribution in [0.2, 0.25) is 0 Å². The van der Waals surface area contributed by atoms with Crippen LogP contribution in [0.1, 0.15) is 59.3 Å². The van der Waals surface area contributed by atoms with Gasteiger partial charge in [0.15, 0.2) is 0 Å². The summed E-state index contributed by atoms with van der Waals surface area (Å²) < 4.78 is 0. The Morgan fingerprint density at radius 1 is 1.21 bits per heavy atom. The Bertz CT molecular complexity index is 221. The molecule has 0 aliphatic heterocycles. The van der Waals surface area contributed by atoms with Crippen molar-refractivity contribution in [2.75, 3.05) is 0 Å². The molecule has 14 heavy (non-hydrogen) atoms. The molecule has 0 saturated heterocycles. The van der Waals surface area contributed by atoms with E-state index in [1.807, 2.05) is 0 Å². The van der Waals surface area contributed by atoms with Gasteiger partial charge in [-0.2, -0.15) is 0 Å². The van der Waals surface area contributed by atoms with E-state index in [0.717, 1.165) is 5.92 Å². The van der Waals surface area contributed by atoms with Gasteiger partial charge < -0.3 is 5.73 Å².